The summed E-state index contributed by atoms with van der Waals surface area (Å²) in [7, 11) is 0. The van der Waals surface area contributed by atoms with E-state index in [0.717, 1.165) is 6.54 Å². The minimum atomic E-state index is 0.272. The molecule has 1 N–H and O–H groups in total. The van der Waals surface area contributed by atoms with Gasteiger partial charge in [-0.05, 0) is 73.5 Å². The van der Waals surface area contributed by atoms with Crippen LogP contribution in [0.5, 0.6) is 0 Å². The maximum atomic E-state index is 3.56. The molecule has 0 aromatic carbocycles. The summed E-state index contributed by atoms with van der Waals surface area (Å²) in [4.78, 5) is 2.66. The average molecular weight is 285 g/mol. The summed E-state index contributed by atoms with van der Waals surface area (Å²) in [5, 5.41) is 3.56. The van der Waals surface area contributed by atoms with E-state index in [1.165, 1.54) is 58.0 Å². The van der Waals surface area contributed by atoms with Crippen molar-refractivity contribution in [2.75, 3.05) is 19.6 Å². The molecule has 2 heteroatoms. The Morgan fingerprint density at radius 2 is 1.40 bits per heavy atom. The van der Waals surface area contributed by atoms with Gasteiger partial charge in [0.05, 0.1) is 0 Å². The summed E-state index contributed by atoms with van der Waals surface area (Å²) >= 11 is 0. The van der Waals surface area contributed by atoms with E-state index in [0.29, 0.717) is 6.04 Å². The third-order valence-corrected chi connectivity index (χ3v) is 3.81. The van der Waals surface area contributed by atoms with Crippen LogP contribution < -0.4 is 5.32 Å². The van der Waals surface area contributed by atoms with E-state index in [9.17, 15) is 0 Å². The predicted molar refractivity (Wildman–Crippen MR) is 92.5 cm³/mol. The molecule has 0 fully saturated rings. The zero-order valence-electron chi connectivity index (χ0n) is 15.1. The van der Waals surface area contributed by atoms with Crippen LogP contribution in [0.25, 0.3) is 0 Å². The SMILES string of the molecule is CCCCCN(CCCCCCNC(C)(C)C)C(C)C. The fraction of sp³-hybridized carbons (Fsp3) is 1.00. The van der Waals surface area contributed by atoms with Gasteiger partial charge in [-0.2, -0.15) is 0 Å². The number of hydrogen-bond donors (Lipinski definition) is 1. The standard InChI is InChI=1S/C18H40N2/c1-7-8-12-15-20(17(2)3)16-13-10-9-11-14-19-18(4,5)6/h17,19H,7-16H2,1-6H3. The largest absolute Gasteiger partial charge is 0.312 e. The van der Waals surface area contributed by atoms with Gasteiger partial charge < -0.3 is 10.2 Å². The second-order valence-electron chi connectivity index (χ2n) is 7.43. The molecule has 0 aliphatic carbocycles. The van der Waals surface area contributed by atoms with Crippen LogP contribution in [0.1, 0.15) is 86.5 Å². The highest BCUT2D eigenvalue weighted by molar-refractivity contribution is 4.69. The first-order valence-corrected chi connectivity index (χ1v) is 8.86. The first kappa shape index (κ1) is 19.9. The van der Waals surface area contributed by atoms with Crippen molar-refractivity contribution >= 4 is 0 Å². The Morgan fingerprint density at radius 3 is 1.90 bits per heavy atom. The lowest BCUT2D eigenvalue weighted by Gasteiger charge is -2.26. The van der Waals surface area contributed by atoms with Crippen molar-refractivity contribution in [2.24, 2.45) is 0 Å². The van der Waals surface area contributed by atoms with E-state index in [1.54, 1.807) is 0 Å². The molecular weight excluding hydrogens is 244 g/mol. The fourth-order valence-corrected chi connectivity index (χ4v) is 2.45. The van der Waals surface area contributed by atoms with E-state index in [1.807, 2.05) is 0 Å². The highest BCUT2D eigenvalue weighted by atomic mass is 15.1. The third kappa shape index (κ3) is 12.9. The second kappa shape index (κ2) is 11.6. The Labute approximate surface area is 128 Å². The monoisotopic (exact) mass is 284 g/mol. The van der Waals surface area contributed by atoms with Crippen molar-refractivity contribution in [3.63, 3.8) is 0 Å². The van der Waals surface area contributed by atoms with Crippen molar-refractivity contribution in [3.8, 4) is 0 Å². The van der Waals surface area contributed by atoms with E-state index >= 15 is 0 Å². The number of nitrogens with zero attached hydrogens (tertiary/aromatic N) is 1. The van der Waals surface area contributed by atoms with Crippen LogP contribution in [0.3, 0.4) is 0 Å². The van der Waals surface area contributed by atoms with Crippen LogP contribution in [-0.4, -0.2) is 36.1 Å². The molecule has 0 aromatic rings. The molecule has 0 saturated carbocycles. The average Bonchev–Trinajstić information content (AvgIpc) is 2.34. The van der Waals surface area contributed by atoms with Gasteiger partial charge >= 0.3 is 0 Å². The lowest BCUT2D eigenvalue weighted by molar-refractivity contribution is 0.212. The minimum absolute atomic E-state index is 0.272. The van der Waals surface area contributed by atoms with Crippen molar-refractivity contribution < 1.29 is 0 Å². The van der Waals surface area contributed by atoms with Gasteiger partial charge in [-0.25, -0.2) is 0 Å². The lowest BCUT2D eigenvalue weighted by atomic mass is 10.1. The van der Waals surface area contributed by atoms with Crippen molar-refractivity contribution in [1.82, 2.24) is 10.2 Å². The van der Waals surface area contributed by atoms with Crippen LogP contribution >= 0.6 is 0 Å². The predicted octanol–water partition coefficient (Wildman–Crippen LogP) is 4.84. The molecule has 0 aliphatic rings. The summed E-state index contributed by atoms with van der Waals surface area (Å²) in [6, 6.07) is 0.703. The quantitative estimate of drug-likeness (QED) is 0.516. The maximum absolute atomic E-state index is 3.56. The molecule has 0 saturated heterocycles. The van der Waals surface area contributed by atoms with Gasteiger partial charge in [0.1, 0.15) is 0 Å². The molecule has 0 amide bonds. The minimum Gasteiger partial charge on any atom is -0.312 e. The van der Waals surface area contributed by atoms with Gasteiger partial charge in [-0.1, -0.05) is 32.6 Å². The second-order valence-corrected chi connectivity index (χ2v) is 7.43. The molecule has 0 atom stereocenters. The van der Waals surface area contributed by atoms with Gasteiger partial charge in [0.15, 0.2) is 0 Å². The Kier molecular flexibility index (Phi) is 11.5. The number of rotatable bonds is 12. The Morgan fingerprint density at radius 1 is 0.850 bits per heavy atom. The molecule has 122 valence electrons. The highest BCUT2D eigenvalue weighted by Gasteiger charge is 2.09. The molecule has 0 radical (unpaired) electrons. The van der Waals surface area contributed by atoms with Crippen LogP contribution in [0.2, 0.25) is 0 Å². The summed E-state index contributed by atoms with van der Waals surface area (Å²) in [6.45, 7) is 17.4. The van der Waals surface area contributed by atoms with E-state index < -0.39 is 0 Å². The molecule has 0 aromatic heterocycles. The molecule has 0 spiro atoms. The van der Waals surface area contributed by atoms with Crippen molar-refractivity contribution in [1.29, 1.82) is 0 Å². The topological polar surface area (TPSA) is 15.3 Å². The first-order valence-electron chi connectivity index (χ1n) is 8.86. The normalized spacial score (nSPS) is 12.6. The molecule has 0 aliphatic heterocycles. The van der Waals surface area contributed by atoms with Gasteiger partial charge in [-0.3, -0.25) is 0 Å². The Hall–Kier alpha value is -0.0800. The van der Waals surface area contributed by atoms with Gasteiger partial charge in [0.2, 0.25) is 0 Å². The summed E-state index contributed by atoms with van der Waals surface area (Å²) in [5.74, 6) is 0. The van der Waals surface area contributed by atoms with Crippen LogP contribution in [0, 0.1) is 0 Å². The summed E-state index contributed by atoms with van der Waals surface area (Å²) < 4.78 is 0. The first-order chi connectivity index (χ1) is 9.37. The zero-order chi connectivity index (χ0) is 15.4. The third-order valence-electron chi connectivity index (χ3n) is 3.81. The van der Waals surface area contributed by atoms with Gasteiger partial charge in [0, 0.05) is 11.6 Å². The molecule has 0 unspecified atom stereocenters. The maximum Gasteiger partial charge on any atom is 0.00965 e. The van der Waals surface area contributed by atoms with E-state index in [4.69, 9.17) is 0 Å². The summed E-state index contributed by atoms with van der Waals surface area (Å²) in [6.07, 6.45) is 9.49. The van der Waals surface area contributed by atoms with Crippen LogP contribution in [0.4, 0.5) is 0 Å². The molecule has 0 bridgehead atoms. The summed E-state index contributed by atoms with van der Waals surface area (Å²) in [5.41, 5.74) is 0.272. The van der Waals surface area contributed by atoms with Crippen molar-refractivity contribution in [2.45, 2.75) is 98.1 Å². The highest BCUT2D eigenvalue weighted by Crippen LogP contribution is 2.08. The van der Waals surface area contributed by atoms with Gasteiger partial charge in [0.25, 0.3) is 0 Å². The number of hydrogen-bond acceptors (Lipinski definition) is 2. The molecule has 0 rings (SSSR count). The van der Waals surface area contributed by atoms with Crippen LogP contribution in [0.15, 0.2) is 0 Å². The van der Waals surface area contributed by atoms with Gasteiger partial charge in [-0.15, -0.1) is 0 Å². The fourth-order valence-electron chi connectivity index (χ4n) is 2.45. The zero-order valence-corrected chi connectivity index (χ0v) is 15.1. The molecule has 2 nitrogen and oxygen atoms in total. The lowest BCUT2D eigenvalue weighted by Crippen LogP contribution is -2.36. The molecule has 20 heavy (non-hydrogen) atoms. The van der Waals surface area contributed by atoms with Crippen LogP contribution in [-0.2, 0) is 0 Å². The molecular formula is C18H40N2. The smallest absolute Gasteiger partial charge is 0.00965 e. The number of nitrogens with one attached hydrogen (secondary N) is 1. The Balaban J connectivity index is 3.54. The van der Waals surface area contributed by atoms with E-state index in [-0.39, 0.29) is 5.54 Å². The Bertz CT molecular complexity index is 206. The van der Waals surface area contributed by atoms with E-state index in [2.05, 4.69) is 51.8 Å². The van der Waals surface area contributed by atoms with Crippen molar-refractivity contribution in [3.05, 3.63) is 0 Å². The number of unbranched alkanes of at least 4 members (excludes halogenated alkanes) is 5. The molecule has 0 heterocycles.